The molecule has 0 aliphatic carbocycles. The van der Waals surface area contributed by atoms with Crippen LogP contribution < -0.4 is 0 Å². The fourth-order valence-electron chi connectivity index (χ4n) is 8.64. The molecule has 0 N–H and O–H groups in total. The Morgan fingerprint density at radius 2 is 0.747 bits per heavy atom. The number of hydrogen-bond donors (Lipinski definition) is 0. The monoisotopic (exact) mass is 1130 g/mol. The number of rotatable bonds is 13. The Morgan fingerprint density at radius 1 is 0.443 bits per heavy atom. The summed E-state index contributed by atoms with van der Waals surface area (Å²) in [6.07, 6.45) is -20.3. The molecule has 3 rings (SSSR count). The Morgan fingerprint density at radius 3 is 1.05 bits per heavy atom. The summed E-state index contributed by atoms with van der Waals surface area (Å²) < 4.78 is 135. The van der Waals surface area contributed by atoms with Gasteiger partial charge in [-0.1, -0.05) is 52.0 Å². The summed E-state index contributed by atoms with van der Waals surface area (Å²) in [7, 11) is 4.40. The number of alkyl halides is 8. The molecule has 2 aromatic rings. The minimum Gasteiger partial charge on any atom is -0.451 e. The van der Waals surface area contributed by atoms with Gasteiger partial charge in [-0.15, -0.1) is 0 Å². The van der Waals surface area contributed by atoms with E-state index in [1.165, 1.54) is 13.8 Å². The first kappa shape index (κ1) is 66.9. The Kier molecular flexibility index (Phi) is 23.0. The maximum Gasteiger partial charge on any atom is 0.416 e. The molecular formula is C55H74F8N4O12. The van der Waals surface area contributed by atoms with Crippen molar-refractivity contribution in [2.24, 2.45) is 11.8 Å². The Bertz CT molecular complexity index is 2450. The van der Waals surface area contributed by atoms with Crippen molar-refractivity contribution in [1.82, 2.24) is 19.6 Å². The van der Waals surface area contributed by atoms with E-state index >= 15 is 8.78 Å². The Balaban J connectivity index is 2.34. The van der Waals surface area contributed by atoms with E-state index in [0.717, 1.165) is 107 Å². The third kappa shape index (κ3) is 19.7. The van der Waals surface area contributed by atoms with Crippen LogP contribution in [0.4, 0.5) is 35.1 Å². The lowest BCUT2D eigenvalue weighted by molar-refractivity contribution is -0.176. The first-order valence-electron chi connectivity index (χ1n) is 25.7. The summed E-state index contributed by atoms with van der Waals surface area (Å²) in [6.45, 7) is 13.4. The number of amides is 4. The number of hydrogen-bond acceptors (Lipinski definition) is 12. The molecule has 442 valence electrons. The van der Waals surface area contributed by atoms with Crippen molar-refractivity contribution >= 4 is 47.5 Å². The molecule has 1 heterocycles. The fourth-order valence-corrected chi connectivity index (χ4v) is 8.64. The zero-order valence-corrected chi connectivity index (χ0v) is 47.1. The highest BCUT2D eigenvalue weighted by molar-refractivity contribution is 5.94. The second kappa shape index (κ2) is 27.2. The van der Waals surface area contributed by atoms with Crippen LogP contribution in [-0.2, 0) is 82.5 Å². The van der Waals surface area contributed by atoms with Gasteiger partial charge in [-0.25, -0.2) is 28.0 Å². The van der Waals surface area contributed by atoms with Crippen molar-refractivity contribution in [2.75, 3.05) is 28.2 Å². The van der Waals surface area contributed by atoms with Gasteiger partial charge in [-0.3, -0.25) is 19.2 Å². The lowest BCUT2D eigenvalue weighted by Gasteiger charge is -2.35. The first-order valence-corrected chi connectivity index (χ1v) is 25.7. The van der Waals surface area contributed by atoms with Crippen LogP contribution in [0, 0.1) is 11.8 Å². The molecule has 2 aromatic carbocycles. The largest absolute Gasteiger partial charge is 0.451 e. The van der Waals surface area contributed by atoms with Gasteiger partial charge in [-0.2, -0.15) is 26.3 Å². The molecule has 1 fully saturated rings. The van der Waals surface area contributed by atoms with E-state index in [-0.39, 0.29) is 24.0 Å². The van der Waals surface area contributed by atoms with Gasteiger partial charge in [0.05, 0.1) is 11.1 Å². The summed E-state index contributed by atoms with van der Waals surface area (Å²) in [5.74, 6) is -10.4. The summed E-state index contributed by atoms with van der Waals surface area (Å²) >= 11 is 0. The number of ether oxygens (including phenoxy) is 4. The highest BCUT2D eigenvalue weighted by atomic mass is 19.4. The molecule has 24 heteroatoms. The van der Waals surface area contributed by atoms with E-state index in [0.29, 0.717) is 17.0 Å². The van der Waals surface area contributed by atoms with Crippen molar-refractivity contribution in [3.05, 3.63) is 70.8 Å². The van der Waals surface area contributed by atoms with Gasteiger partial charge < -0.3 is 38.5 Å². The van der Waals surface area contributed by atoms with Crippen LogP contribution >= 0.6 is 0 Å². The molecule has 1 saturated heterocycles. The van der Waals surface area contributed by atoms with E-state index in [1.54, 1.807) is 27.7 Å². The number of nitrogens with zero attached hydrogens (tertiary/aromatic N) is 4. The zero-order chi connectivity index (χ0) is 60.4. The minimum atomic E-state index is -4.76. The van der Waals surface area contributed by atoms with Crippen molar-refractivity contribution in [3.8, 4) is 0 Å². The van der Waals surface area contributed by atoms with Gasteiger partial charge in [0.2, 0.25) is 0 Å². The third-order valence-electron chi connectivity index (χ3n) is 13.2. The maximum absolute atomic E-state index is 15.7. The van der Waals surface area contributed by atoms with Crippen LogP contribution in [-0.4, -0.2) is 155 Å². The maximum atomic E-state index is 15.7. The number of carbonyl (C=O) groups is 8. The van der Waals surface area contributed by atoms with Crippen molar-refractivity contribution < 1.29 is 92.4 Å². The van der Waals surface area contributed by atoms with Gasteiger partial charge in [-0.05, 0) is 114 Å². The normalized spacial score (nSPS) is 24.2. The van der Waals surface area contributed by atoms with Gasteiger partial charge in [0.15, 0.2) is 24.4 Å². The highest BCUT2D eigenvalue weighted by Crippen LogP contribution is 2.32. The van der Waals surface area contributed by atoms with Gasteiger partial charge in [0.1, 0.15) is 35.5 Å². The molecule has 8 atom stereocenters. The number of likely N-dealkylation sites (N-methyl/N-ethyl adjacent to an activating group) is 4. The number of halogens is 8. The zero-order valence-electron chi connectivity index (χ0n) is 47.1. The predicted molar refractivity (Wildman–Crippen MR) is 271 cm³/mol. The standard InChI is InChI=1S/C55H74F8N4O12/c1-30(2)25-39-49(73)76-32(5)44(68)64(11)38(23-24-52(7,8)56)48(72)78-42(27-34-15-19-36(20-16-34)54(58,59)60)46(70)65(12)40(26-31(3)4)50(74)77-33(6)45(69)67(14)41(29-53(9,10)57)51(75)79-43(47(71)66(39)13)28-35-17-21-37(22-18-35)55(61,62)63/h15-22,30-33,38-43H,23-29H2,1-14H3/t32-,33-,38+,39+,40+,41+,42-,43-/m1/s1. The lowest BCUT2D eigenvalue weighted by atomic mass is 9.98. The van der Waals surface area contributed by atoms with E-state index in [2.05, 4.69) is 0 Å². The van der Waals surface area contributed by atoms with Crippen LogP contribution in [0.3, 0.4) is 0 Å². The number of carbonyl (C=O) groups excluding carboxylic acids is 8. The molecule has 4 amide bonds. The molecule has 0 radical (unpaired) electrons. The molecule has 0 aromatic heterocycles. The second-order valence-electron chi connectivity index (χ2n) is 22.1. The molecule has 16 nitrogen and oxygen atoms in total. The van der Waals surface area contributed by atoms with Crippen molar-refractivity contribution in [3.63, 3.8) is 0 Å². The molecular weight excluding hydrogens is 1060 g/mol. The van der Waals surface area contributed by atoms with Gasteiger partial charge in [0, 0.05) is 47.5 Å². The summed E-state index contributed by atoms with van der Waals surface area (Å²) in [5.41, 5.74) is -6.27. The van der Waals surface area contributed by atoms with Crippen LogP contribution in [0.15, 0.2) is 48.5 Å². The average molecular weight is 1140 g/mol. The molecule has 0 spiro atoms. The minimum absolute atomic E-state index is 0.0211. The summed E-state index contributed by atoms with van der Waals surface area (Å²) in [5, 5.41) is 0. The number of benzene rings is 2. The first-order chi connectivity index (χ1) is 36.1. The highest BCUT2D eigenvalue weighted by Gasteiger charge is 2.44. The summed E-state index contributed by atoms with van der Waals surface area (Å²) in [6, 6.07) is 0.140. The quantitative estimate of drug-likeness (QED) is 0.106. The number of cyclic esters (lactones) is 4. The summed E-state index contributed by atoms with van der Waals surface area (Å²) in [4.78, 5) is 119. The average Bonchev–Trinajstić information content (AvgIpc) is 3.33. The molecule has 1 aliphatic rings. The molecule has 0 saturated carbocycles. The SMILES string of the molecule is CC(C)C[C@H]1C(=O)O[C@H](C)C(=O)N(C)[C@@H](CCC(C)(C)F)C(=O)O[C@H](Cc2ccc(C(F)(F)F)cc2)C(=O)N(C)[C@@H](CC(C)C)C(=O)O[C@H](C)C(=O)N(C)[C@@H](CC(C)(C)F)C(=O)O[C@H](Cc2ccc(C(F)(F)F)cc2)C(=O)N1C. The third-order valence-corrected chi connectivity index (χ3v) is 13.2. The topological polar surface area (TPSA) is 186 Å². The van der Waals surface area contributed by atoms with Crippen molar-refractivity contribution in [1.29, 1.82) is 0 Å². The van der Waals surface area contributed by atoms with Gasteiger partial charge in [0.25, 0.3) is 23.6 Å². The predicted octanol–water partition coefficient (Wildman–Crippen LogP) is 8.28. The van der Waals surface area contributed by atoms with Crippen LogP contribution in [0.1, 0.15) is 124 Å². The molecule has 1 aliphatic heterocycles. The van der Waals surface area contributed by atoms with E-state index in [4.69, 9.17) is 18.9 Å². The van der Waals surface area contributed by atoms with Crippen molar-refractivity contribution in [2.45, 2.75) is 186 Å². The molecule has 0 unspecified atom stereocenters. The van der Waals surface area contributed by atoms with Crippen LogP contribution in [0.25, 0.3) is 0 Å². The Hall–Kier alpha value is -6.36. The van der Waals surface area contributed by atoms with Gasteiger partial charge >= 0.3 is 36.2 Å². The molecule has 79 heavy (non-hydrogen) atoms. The van der Waals surface area contributed by atoms with Crippen LogP contribution in [0.2, 0.25) is 0 Å². The van der Waals surface area contributed by atoms with Crippen LogP contribution in [0.5, 0.6) is 0 Å². The van der Waals surface area contributed by atoms with E-state index in [9.17, 15) is 64.7 Å². The smallest absolute Gasteiger partial charge is 0.416 e. The van der Waals surface area contributed by atoms with E-state index in [1.807, 2.05) is 0 Å². The fraction of sp³-hybridized carbons (Fsp3) is 0.636. The molecule has 0 bridgehead atoms. The lowest BCUT2D eigenvalue weighted by Crippen LogP contribution is -2.55. The van der Waals surface area contributed by atoms with E-state index < -0.39 is 175 Å². The Labute approximate surface area is 455 Å². The number of esters is 4. The second-order valence-corrected chi connectivity index (χ2v) is 22.1.